The van der Waals surface area contributed by atoms with Crippen molar-refractivity contribution in [2.24, 2.45) is 13.0 Å². The summed E-state index contributed by atoms with van der Waals surface area (Å²) in [7, 11) is 1.69. The van der Waals surface area contributed by atoms with Gasteiger partial charge in [0, 0.05) is 13.2 Å². The zero-order valence-corrected chi connectivity index (χ0v) is 9.77. The third-order valence-corrected chi connectivity index (χ3v) is 2.39. The number of nitrogens with zero attached hydrogens (tertiary/aromatic N) is 2. The average molecular weight is 226 g/mol. The summed E-state index contributed by atoms with van der Waals surface area (Å²) in [4.78, 5) is 11.8. The van der Waals surface area contributed by atoms with Gasteiger partial charge in [0.1, 0.15) is 0 Å². The highest BCUT2D eigenvalue weighted by Crippen LogP contribution is 2.09. The number of hydrogen-bond acceptors (Lipinski definition) is 4. The number of nitrogen functional groups attached to an aromatic ring is 1. The topological polar surface area (TPSA) is 93.2 Å². The number of hydrogen-bond donors (Lipinski definition) is 3. The standard InChI is InChI=1S/C10H18N4O2/c1-6(2)8(5-15)12-10(16)9-7(11)4-14(3)13-9/h4,6,8,15H,5,11H2,1-3H3,(H,12,16)/t8-/m1/s1. The Morgan fingerprint density at radius 2 is 2.31 bits per heavy atom. The number of carbonyl (C=O) groups is 1. The van der Waals surface area contributed by atoms with E-state index in [1.807, 2.05) is 13.8 Å². The van der Waals surface area contributed by atoms with Crippen LogP contribution in [0.5, 0.6) is 0 Å². The van der Waals surface area contributed by atoms with Crippen LogP contribution in [0.25, 0.3) is 0 Å². The monoisotopic (exact) mass is 226 g/mol. The van der Waals surface area contributed by atoms with Crippen LogP contribution >= 0.6 is 0 Å². The minimum absolute atomic E-state index is 0.101. The number of nitrogens with one attached hydrogen (secondary N) is 1. The van der Waals surface area contributed by atoms with E-state index >= 15 is 0 Å². The van der Waals surface area contributed by atoms with Crippen LogP contribution < -0.4 is 11.1 Å². The number of aromatic nitrogens is 2. The smallest absolute Gasteiger partial charge is 0.274 e. The summed E-state index contributed by atoms with van der Waals surface area (Å²) in [6, 6.07) is -0.283. The second kappa shape index (κ2) is 4.98. The van der Waals surface area contributed by atoms with Gasteiger partial charge in [0.2, 0.25) is 0 Å². The van der Waals surface area contributed by atoms with Crippen molar-refractivity contribution in [1.82, 2.24) is 15.1 Å². The van der Waals surface area contributed by atoms with Crippen molar-refractivity contribution in [2.75, 3.05) is 12.3 Å². The molecule has 0 radical (unpaired) electrons. The lowest BCUT2D eigenvalue weighted by Gasteiger charge is -2.19. The van der Waals surface area contributed by atoms with Crippen LogP contribution in [0.1, 0.15) is 24.3 Å². The van der Waals surface area contributed by atoms with Gasteiger partial charge in [0.25, 0.3) is 5.91 Å². The lowest BCUT2D eigenvalue weighted by Crippen LogP contribution is -2.41. The number of aliphatic hydroxyl groups excluding tert-OH is 1. The maximum absolute atomic E-state index is 11.8. The van der Waals surface area contributed by atoms with E-state index in [2.05, 4.69) is 10.4 Å². The Morgan fingerprint density at radius 3 is 2.69 bits per heavy atom. The molecule has 1 atom stereocenters. The molecular weight excluding hydrogens is 208 g/mol. The van der Waals surface area contributed by atoms with Crippen LogP contribution in [-0.4, -0.2) is 33.4 Å². The van der Waals surface area contributed by atoms with Crippen LogP contribution in [0.4, 0.5) is 5.69 Å². The molecule has 1 heterocycles. The predicted molar refractivity (Wildman–Crippen MR) is 60.8 cm³/mol. The van der Waals surface area contributed by atoms with Gasteiger partial charge in [-0.15, -0.1) is 0 Å². The van der Waals surface area contributed by atoms with E-state index < -0.39 is 0 Å². The summed E-state index contributed by atoms with van der Waals surface area (Å²) in [6.45, 7) is 3.74. The molecule has 0 fully saturated rings. The molecule has 0 aliphatic rings. The van der Waals surface area contributed by atoms with Crippen LogP contribution in [0.15, 0.2) is 6.20 Å². The largest absolute Gasteiger partial charge is 0.396 e. The fourth-order valence-corrected chi connectivity index (χ4v) is 1.34. The highest BCUT2D eigenvalue weighted by Gasteiger charge is 2.19. The minimum atomic E-state index is -0.356. The van der Waals surface area contributed by atoms with Crippen molar-refractivity contribution in [1.29, 1.82) is 0 Å². The van der Waals surface area contributed by atoms with Gasteiger partial charge in [0.05, 0.1) is 18.3 Å². The quantitative estimate of drug-likeness (QED) is 0.660. The van der Waals surface area contributed by atoms with E-state index in [0.29, 0.717) is 5.69 Å². The fraction of sp³-hybridized carbons (Fsp3) is 0.600. The highest BCUT2D eigenvalue weighted by atomic mass is 16.3. The molecule has 0 aliphatic heterocycles. The number of aryl methyl sites for hydroxylation is 1. The summed E-state index contributed by atoms with van der Waals surface area (Å²) >= 11 is 0. The first-order chi connectivity index (χ1) is 7.45. The molecule has 1 amide bonds. The molecule has 4 N–H and O–H groups in total. The van der Waals surface area contributed by atoms with Gasteiger partial charge in [-0.05, 0) is 5.92 Å². The second-order valence-corrected chi connectivity index (χ2v) is 4.11. The van der Waals surface area contributed by atoms with E-state index in [0.717, 1.165) is 0 Å². The summed E-state index contributed by atoms with van der Waals surface area (Å²) in [6.07, 6.45) is 1.57. The van der Waals surface area contributed by atoms with Gasteiger partial charge in [-0.25, -0.2) is 0 Å². The molecule has 0 saturated heterocycles. The van der Waals surface area contributed by atoms with Gasteiger partial charge >= 0.3 is 0 Å². The first-order valence-corrected chi connectivity index (χ1v) is 5.16. The van der Waals surface area contributed by atoms with Gasteiger partial charge in [0.15, 0.2) is 5.69 Å². The zero-order valence-electron chi connectivity index (χ0n) is 9.77. The van der Waals surface area contributed by atoms with E-state index in [1.165, 1.54) is 4.68 Å². The minimum Gasteiger partial charge on any atom is -0.396 e. The van der Waals surface area contributed by atoms with E-state index in [-0.39, 0.29) is 30.2 Å². The normalized spacial score (nSPS) is 12.8. The third-order valence-electron chi connectivity index (χ3n) is 2.39. The number of rotatable bonds is 4. The number of amides is 1. The second-order valence-electron chi connectivity index (χ2n) is 4.11. The van der Waals surface area contributed by atoms with Gasteiger partial charge in [-0.3, -0.25) is 9.48 Å². The zero-order chi connectivity index (χ0) is 12.3. The summed E-state index contributed by atoms with van der Waals surface area (Å²) in [5.41, 5.74) is 6.16. The molecule has 0 saturated carbocycles. The molecule has 0 unspecified atom stereocenters. The van der Waals surface area contributed by atoms with Crippen LogP contribution in [0.2, 0.25) is 0 Å². The van der Waals surface area contributed by atoms with Crippen LogP contribution in [-0.2, 0) is 7.05 Å². The van der Waals surface area contributed by atoms with Gasteiger partial charge in [-0.1, -0.05) is 13.8 Å². The molecule has 90 valence electrons. The Bertz CT molecular complexity index is 373. The molecule has 0 aromatic carbocycles. The molecule has 1 aromatic rings. The maximum atomic E-state index is 11.8. The molecule has 6 nitrogen and oxygen atoms in total. The predicted octanol–water partition coefficient (Wildman–Crippen LogP) is -0.251. The van der Waals surface area contributed by atoms with Crippen molar-refractivity contribution < 1.29 is 9.90 Å². The SMILES string of the molecule is CC(C)[C@@H](CO)NC(=O)c1nn(C)cc1N. The van der Waals surface area contributed by atoms with Crippen molar-refractivity contribution in [2.45, 2.75) is 19.9 Å². The van der Waals surface area contributed by atoms with Crippen molar-refractivity contribution >= 4 is 11.6 Å². The molecule has 1 rings (SSSR count). The maximum Gasteiger partial charge on any atom is 0.274 e. The lowest BCUT2D eigenvalue weighted by atomic mass is 10.1. The average Bonchev–Trinajstić information content (AvgIpc) is 2.53. The molecule has 0 bridgehead atoms. The van der Waals surface area contributed by atoms with E-state index in [4.69, 9.17) is 10.8 Å². The summed E-state index contributed by atoms with van der Waals surface area (Å²) in [5, 5.41) is 15.7. The summed E-state index contributed by atoms with van der Waals surface area (Å²) in [5.74, 6) is -0.204. The molecular formula is C10H18N4O2. The van der Waals surface area contributed by atoms with E-state index in [9.17, 15) is 4.79 Å². The molecule has 0 aliphatic carbocycles. The number of nitrogens with two attached hydrogens (primary N) is 1. The van der Waals surface area contributed by atoms with Crippen LogP contribution in [0.3, 0.4) is 0 Å². The lowest BCUT2D eigenvalue weighted by molar-refractivity contribution is 0.0892. The Balaban J connectivity index is 2.75. The Morgan fingerprint density at radius 1 is 1.69 bits per heavy atom. The Labute approximate surface area is 94.4 Å². The van der Waals surface area contributed by atoms with Crippen molar-refractivity contribution in [3.63, 3.8) is 0 Å². The number of carbonyl (C=O) groups excluding carboxylic acids is 1. The fourth-order valence-electron chi connectivity index (χ4n) is 1.34. The first-order valence-electron chi connectivity index (χ1n) is 5.16. The number of aliphatic hydroxyl groups is 1. The number of anilines is 1. The van der Waals surface area contributed by atoms with Crippen molar-refractivity contribution in [3.05, 3.63) is 11.9 Å². The molecule has 1 aromatic heterocycles. The third kappa shape index (κ3) is 2.73. The Hall–Kier alpha value is -1.56. The van der Waals surface area contributed by atoms with Crippen LogP contribution in [0, 0.1) is 5.92 Å². The molecule has 16 heavy (non-hydrogen) atoms. The summed E-state index contributed by atoms with van der Waals surface area (Å²) < 4.78 is 1.48. The highest BCUT2D eigenvalue weighted by molar-refractivity contribution is 5.97. The molecule has 6 heteroatoms. The van der Waals surface area contributed by atoms with E-state index in [1.54, 1.807) is 13.2 Å². The van der Waals surface area contributed by atoms with Gasteiger partial charge < -0.3 is 16.2 Å². The Kier molecular flexibility index (Phi) is 3.89. The van der Waals surface area contributed by atoms with Crippen molar-refractivity contribution in [3.8, 4) is 0 Å². The first kappa shape index (κ1) is 12.5. The molecule has 0 spiro atoms. The van der Waals surface area contributed by atoms with Gasteiger partial charge in [-0.2, -0.15) is 5.10 Å².